The molecular formula is C11H16ClN3O. The van der Waals surface area contributed by atoms with Crippen molar-refractivity contribution in [1.29, 1.82) is 0 Å². The SMILES string of the molecule is CNCCCN(C)C(=O)c1cc(Cl)ccn1. The highest BCUT2D eigenvalue weighted by Gasteiger charge is 2.12. The number of carbonyl (C=O) groups excluding carboxylic acids is 1. The van der Waals surface area contributed by atoms with Crippen LogP contribution in [0.1, 0.15) is 16.9 Å². The van der Waals surface area contributed by atoms with Gasteiger partial charge in [-0.2, -0.15) is 0 Å². The van der Waals surface area contributed by atoms with Gasteiger partial charge in [-0.25, -0.2) is 0 Å². The summed E-state index contributed by atoms with van der Waals surface area (Å²) in [5, 5.41) is 3.57. The van der Waals surface area contributed by atoms with E-state index in [1.165, 1.54) is 6.20 Å². The van der Waals surface area contributed by atoms with Gasteiger partial charge < -0.3 is 10.2 Å². The Kier molecular flexibility index (Phi) is 5.22. The third-order valence-corrected chi connectivity index (χ3v) is 2.44. The molecule has 88 valence electrons. The number of carbonyl (C=O) groups is 1. The quantitative estimate of drug-likeness (QED) is 0.793. The average Bonchev–Trinajstić information content (AvgIpc) is 2.28. The van der Waals surface area contributed by atoms with E-state index in [0.29, 0.717) is 17.3 Å². The molecular weight excluding hydrogens is 226 g/mol. The molecule has 4 nitrogen and oxygen atoms in total. The maximum Gasteiger partial charge on any atom is 0.272 e. The summed E-state index contributed by atoms with van der Waals surface area (Å²) in [6.07, 6.45) is 2.45. The fourth-order valence-corrected chi connectivity index (χ4v) is 1.47. The van der Waals surface area contributed by atoms with E-state index < -0.39 is 0 Å². The Hall–Kier alpha value is -1.13. The smallest absolute Gasteiger partial charge is 0.272 e. The second-order valence-electron chi connectivity index (χ2n) is 3.54. The Balaban J connectivity index is 2.56. The lowest BCUT2D eigenvalue weighted by Gasteiger charge is -2.16. The van der Waals surface area contributed by atoms with Crippen LogP contribution in [0, 0.1) is 0 Å². The van der Waals surface area contributed by atoms with Crippen LogP contribution in [0.4, 0.5) is 0 Å². The van der Waals surface area contributed by atoms with Crippen LogP contribution in [0.3, 0.4) is 0 Å². The van der Waals surface area contributed by atoms with Gasteiger partial charge in [0.2, 0.25) is 0 Å². The summed E-state index contributed by atoms with van der Waals surface area (Å²) in [6.45, 7) is 1.59. The first kappa shape index (κ1) is 12.9. The molecule has 0 saturated heterocycles. The van der Waals surface area contributed by atoms with Gasteiger partial charge in [0.1, 0.15) is 5.69 Å². The van der Waals surface area contributed by atoms with Crippen molar-refractivity contribution in [2.24, 2.45) is 0 Å². The molecule has 5 heteroatoms. The van der Waals surface area contributed by atoms with Crippen molar-refractivity contribution in [2.75, 3.05) is 27.2 Å². The van der Waals surface area contributed by atoms with Crippen molar-refractivity contribution in [3.8, 4) is 0 Å². The summed E-state index contributed by atoms with van der Waals surface area (Å²) in [4.78, 5) is 17.5. The minimum Gasteiger partial charge on any atom is -0.340 e. The molecule has 16 heavy (non-hydrogen) atoms. The van der Waals surface area contributed by atoms with Gasteiger partial charge in [-0.15, -0.1) is 0 Å². The molecule has 0 atom stereocenters. The molecule has 0 aliphatic rings. The van der Waals surface area contributed by atoms with E-state index in [-0.39, 0.29) is 5.91 Å². The van der Waals surface area contributed by atoms with Crippen molar-refractivity contribution in [2.45, 2.75) is 6.42 Å². The standard InChI is InChI=1S/C11H16ClN3O/c1-13-5-3-7-15(2)11(16)10-8-9(12)4-6-14-10/h4,6,8,13H,3,5,7H2,1-2H3. The van der Waals surface area contributed by atoms with Gasteiger partial charge in [0, 0.05) is 24.8 Å². The van der Waals surface area contributed by atoms with Crippen molar-refractivity contribution >= 4 is 17.5 Å². The molecule has 1 amide bonds. The first-order valence-electron chi connectivity index (χ1n) is 5.16. The van der Waals surface area contributed by atoms with E-state index in [0.717, 1.165) is 13.0 Å². The van der Waals surface area contributed by atoms with Crippen LogP contribution in [-0.2, 0) is 0 Å². The minimum absolute atomic E-state index is 0.0985. The molecule has 1 aromatic heterocycles. The maximum atomic E-state index is 11.9. The van der Waals surface area contributed by atoms with Crippen molar-refractivity contribution in [1.82, 2.24) is 15.2 Å². The molecule has 0 radical (unpaired) electrons. The van der Waals surface area contributed by atoms with E-state index >= 15 is 0 Å². The summed E-state index contributed by atoms with van der Waals surface area (Å²) >= 11 is 5.80. The Labute approximate surface area is 101 Å². The molecule has 1 N–H and O–H groups in total. The highest BCUT2D eigenvalue weighted by Crippen LogP contribution is 2.09. The number of hydrogen-bond acceptors (Lipinski definition) is 3. The van der Waals surface area contributed by atoms with Crippen molar-refractivity contribution in [3.63, 3.8) is 0 Å². The monoisotopic (exact) mass is 241 g/mol. The largest absolute Gasteiger partial charge is 0.340 e. The van der Waals surface area contributed by atoms with E-state index in [9.17, 15) is 4.79 Å². The number of hydrogen-bond donors (Lipinski definition) is 1. The Morgan fingerprint density at radius 3 is 3.00 bits per heavy atom. The lowest BCUT2D eigenvalue weighted by molar-refractivity contribution is 0.0788. The predicted octanol–water partition coefficient (Wildman–Crippen LogP) is 1.42. The first-order valence-corrected chi connectivity index (χ1v) is 5.54. The topological polar surface area (TPSA) is 45.2 Å². The number of amides is 1. The van der Waals surface area contributed by atoms with Crippen LogP contribution >= 0.6 is 11.6 Å². The summed E-state index contributed by atoms with van der Waals surface area (Å²) < 4.78 is 0. The van der Waals surface area contributed by atoms with Crippen molar-refractivity contribution < 1.29 is 4.79 Å². The third kappa shape index (κ3) is 3.79. The highest BCUT2D eigenvalue weighted by molar-refractivity contribution is 6.30. The van der Waals surface area contributed by atoms with Gasteiger partial charge in [0.15, 0.2) is 0 Å². The Morgan fingerprint density at radius 1 is 1.62 bits per heavy atom. The molecule has 0 bridgehead atoms. The summed E-state index contributed by atoms with van der Waals surface area (Å²) in [5.74, 6) is -0.0985. The molecule has 1 heterocycles. The maximum absolute atomic E-state index is 11.9. The lowest BCUT2D eigenvalue weighted by atomic mass is 10.3. The van der Waals surface area contributed by atoms with Crippen LogP contribution in [0.2, 0.25) is 5.02 Å². The van der Waals surface area contributed by atoms with Crippen LogP contribution < -0.4 is 5.32 Å². The Bertz CT molecular complexity index is 357. The van der Waals surface area contributed by atoms with Gasteiger partial charge in [-0.05, 0) is 32.1 Å². The average molecular weight is 242 g/mol. The fraction of sp³-hybridized carbons (Fsp3) is 0.455. The number of aromatic nitrogens is 1. The molecule has 0 aliphatic heterocycles. The summed E-state index contributed by atoms with van der Waals surface area (Å²) in [6, 6.07) is 3.23. The zero-order valence-corrected chi connectivity index (χ0v) is 10.3. The molecule has 1 aromatic rings. The molecule has 0 aliphatic carbocycles. The molecule has 0 saturated carbocycles. The van der Waals surface area contributed by atoms with E-state index in [2.05, 4.69) is 10.3 Å². The van der Waals surface area contributed by atoms with Gasteiger partial charge in [0.05, 0.1) is 0 Å². The Morgan fingerprint density at radius 2 is 2.38 bits per heavy atom. The minimum atomic E-state index is -0.0985. The molecule has 0 spiro atoms. The van der Waals surface area contributed by atoms with Gasteiger partial charge >= 0.3 is 0 Å². The van der Waals surface area contributed by atoms with Crippen LogP contribution in [0.15, 0.2) is 18.3 Å². The first-order chi connectivity index (χ1) is 7.65. The zero-order chi connectivity index (χ0) is 12.0. The fourth-order valence-electron chi connectivity index (χ4n) is 1.31. The lowest BCUT2D eigenvalue weighted by Crippen LogP contribution is -2.30. The van der Waals surface area contributed by atoms with E-state index in [4.69, 9.17) is 11.6 Å². The zero-order valence-electron chi connectivity index (χ0n) is 9.53. The van der Waals surface area contributed by atoms with E-state index in [1.807, 2.05) is 7.05 Å². The predicted molar refractivity (Wildman–Crippen MR) is 64.8 cm³/mol. The molecule has 0 fully saturated rings. The highest BCUT2D eigenvalue weighted by atomic mass is 35.5. The van der Waals surface area contributed by atoms with Crippen LogP contribution in [0.25, 0.3) is 0 Å². The normalized spacial score (nSPS) is 10.2. The number of nitrogens with one attached hydrogen (secondary N) is 1. The molecule has 0 unspecified atom stereocenters. The van der Waals surface area contributed by atoms with Crippen molar-refractivity contribution in [3.05, 3.63) is 29.0 Å². The van der Waals surface area contributed by atoms with Crippen LogP contribution in [0.5, 0.6) is 0 Å². The summed E-state index contributed by atoms with van der Waals surface area (Å²) in [7, 11) is 3.65. The summed E-state index contributed by atoms with van der Waals surface area (Å²) in [5.41, 5.74) is 0.388. The van der Waals surface area contributed by atoms with Crippen LogP contribution in [-0.4, -0.2) is 43.0 Å². The number of nitrogens with zero attached hydrogens (tertiary/aromatic N) is 2. The third-order valence-electron chi connectivity index (χ3n) is 2.21. The van der Waals surface area contributed by atoms with E-state index in [1.54, 1.807) is 24.1 Å². The van der Waals surface area contributed by atoms with Gasteiger partial charge in [-0.3, -0.25) is 9.78 Å². The number of halogens is 1. The van der Waals surface area contributed by atoms with Gasteiger partial charge in [-0.1, -0.05) is 11.6 Å². The number of rotatable bonds is 5. The van der Waals surface area contributed by atoms with Gasteiger partial charge in [0.25, 0.3) is 5.91 Å². The second kappa shape index (κ2) is 6.45. The molecule has 1 rings (SSSR count). The molecule has 0 aromatic carbocycles. The second-order valence-corrected chi connectivity index (χ2v) is 3.98. The number of pyridine rings is 1.